The van der Waals surface area contributed by atoms with Crippen LogP contribution < -0.4 is 5.32 Å². The highest BCUT2D eigenvalue weighted by Gasteiger charge is 2.44. The molecule has 0 aromatic carbocycles. The summed E-state index contributed by atoms with van der Waals surface area (Å²) < 4.78 is 11.3. The third-order valence-corrected chi connectivity index (χ3v) is 15.9. The molecular weight excluding hydrogens is 959 g/mol. The Morgan fingerprint density at radius 3 is 1.19 bits per heavy atom. The molecule has 9 heteroatoms. The Hall–Kier alpha value is -1.85. The number of amides is 1. The Labute approximate surface area is 475 Å². The van der Waals surface area contributed by atoms with Gasteiger partial charge in [0.2, 0.25) is 5.91 Å². The standard InChI is InChI=1S/C68H127NO8/c1-3-5-7-9-11-13-15-17-18-19-20-21-22-23-24-25-26-27-28-29-30-31-32-33-34-35-36-37-38-39-40-41-42-43-44-46-48-50-52-54-56-58-64(72)69-61(60-76-68-67(75)66(74)65(73)63(59-70)77-68)62(71)57-55-53-51-49-47-45-16-14-12-10-8-6-4-2/h5,7,11,13,17-18,20-21,61-63,65-68,70-71,73-75H,3-4,6,8-10,12,14-16,19,22-60H2,1-2H3,(H,69,72)/b7-5-,13-11-,18-17-,21-20-. The van der Waals surface area contributed by atoms with E-state index in [-0.39, 0.29) is 12.5 Å². The lowest BCUT2D eigenvalue weighted by Gasteiger charge is -2.40. The summed E-state index contributed by atoms with van der Waals surface area (Å²) in [5, 5.41) is 54.7. The number of allylic oxidation sites excluding steroid dienone is 8. The minimum absolute atomic E-state index is 0.134. The predicted molar refractivity (Wildman–Crippen MR) is 327 cm³/mol. The molecule has 1 fully saturated rings. The van der Waals surface area contributed by atoms with Crippen LogP contribution in [0.5, 0.6) is 0 Å². The van der Waals surface area contributed by atoms with E-state index in [1.54, 1.807) is 0 Å². The van der Waals surface area contributed by atoms with E-state index in [2.05, 4.69) is 67.8 Å². The lowest BCUT2D eigenvalue weighted by atomic mass is 9.99. The number of carbonyl (C=O) groups excluding carboxylic acids is 1. The Morgan fingerprint density at radius 2 is 0.805 bits per heavy atom. The number of nitrogens with one attached hydrogen (secondary N) is 1. The van der Waals surface area contributed by atoms with Crippen molar-refractivity contribution >= 4 is 5.91 Å². The Kier molecular flexibility index (Phi) is 54.5. The molecule has 1 saturated heterocycles. The second-order valence-corrected chi connectivity index (χ2v) is 23.2. The van der Waals surface area contributed by atoms with Gasteiger partial charge < -0.3 is 40.3 Å². The molecule has 7 unspecified atom stereocenters. The van der Waals surface area contributed by atoms with Crippen LogP contribution >= 0.6 is 0 Å². The number of aliphatic hydroxyl groups is 5. The lowest BCUT2D eigenvalue weighted by Crippen LogP contribution is -2.60. The van der Waals surface area contributed by atoms with Crippen molar-refractivity contribution < 1.29 is 39.8 Å². The van der Waals surface area contributed by atoms with E-state index in [1.165, 1.54) is 231 Å². The molecule has 0 radical (unpaired) electrons. The maximum atomic E-state index is 13.1. The fourth-order valence-electron chi connectivity index (χ4n) is 10.7. The minimum atomic E-state index is -1.55. The van der Waals surface area contributed by atoms with Crippen molar-refractivity contribution in [3.05, 3.63) is 48.6 Å². The van der Waals surface area contributed by atoms with Gasteiger partial charge in [0.25, 0.3) is 0 Å². The average Bonchev–Trinajstić information content (AvgIpc) is 3.43. The number of aliphatic hydroxyl groups excluding tert-OH is 5. The number of unbranched alkanes of at least 4 members (excludes halogenated alkanes) is 40. The van der Waals surface area contributed by atoms with Gasteiger partial charge in [-0.2, -0.15) is 0 Å². The molecule has 1 rings (SSSR count). The maximum Gasteiger partial charge on any atom is 0.220 e. The number of rotatable bonds is 58. The summed E-state index contributed by atoms with van der Waals surface area (Å²) in [7, 11) is 0. The van der Waals surface area contributed by atoms with Crippen LogP contribution in [-0.4, -0.2) is 87.5 Å². The molecule has 0 saturated carbocycles. The van der Waals surface area contributed by atoms with Crippen LogP contribution in [0.25, 0.3) is 0 Å². The first-order valence-corrected chi connectivity index (χ1v) is 33.3. The largest absolute Gasteiger partial charge is 0.394 e. The van der Waals surface area contributed by atoms with Crippen molar-refractivity contribution in [2.24, 2.45) is 0 Å². The van der Waals surface area contributed by atoms with Crippen LogP contribution in [0, 0.1) is 0 Å². The van der Waals surface area contributed by atoms with Gasteiger partial charge in [-0.1, -0.05) is 313 Å². The molecule has 1 amide bonds. The van der Waals surface area contributed by atoms with Crippen molar-refractivity contribution in [1.29, 1.82) is 0 Å². The van der Waals surface area contributed by atoms with Gasteiger partial charge in [-0.25, -0.2) is 0 Å². The van der Waals surface area contributed by atoms with Gasteiger partial charge in [-0.3, -0.25) is 4.79 Å². The summed E-state index contributed by atoms with van der Waals surface area (Å²) in [6, 6.07) is -0.716. The quantitative estimate of drug-likeness (QED) is 0.0261. The molecule has 0 aromatic heterocycles. The van der Waals surface area contributed by atoms with E-state index < -0.39 is 49.5 Å². The zero-order chi connectivity index (χ0) is 55.8. The normalized spacial score (nSPS) is 19.0. The first kappa shape index (κ1) is 73.2. The molecule has 1 aliphatic rings. The minimum Gasteiger partial charge on any atom is -0.394 e. The van der Waals surface area contributed by atoms with Crippen LogP contribution in [-0.2, 0) is 14.3 Å². The van der Waals surface area contributed by atoms with Crippen molar-refractivity contribution in [1.82, 2.24) is 5.32 Å². The van der Waals surface area contributed by atoms with E-state index in [0.29, 0.717) is 12.8 Å². The highest BCUT2D eigenvalue weighted by Crippen LogP contribution is 2.24. The van der Waals surface area contributed by atoms with Crippen LogP contribution in [0.3, 0.4) is 0 Å². The summed E-state index contributed by atoms with van der Waals surface area (Å²) >= 11 is 0. The molecular formula is C68H127NO8. The van der Waals surface area contributed by atoms with E-state index in [4.69, 9.17) is 9.47 Å². The molecule has 1 aliphatic heterocycles. The zero-order valence-electron chi connectivity index (χ0n) is 50.5. The van der Waals surface area contributed by atoms with Crippen LogP contribution in [0.4, 0.5) is 0 Å². The molecule has 6 N–H and O–H groups in total. The van der Waals surface area contributed by atoms with Crippen LogP contribution in [0.2, 0.25) is 0 Å². The molecule has 0 aliphatic carbocycles. The summed E-state index contributed by atoms with van der Waals surface area (Å²) in [5.41, 5.74) is 0. The first-order chi connectivity index (χ1) is 37.8. The highest BCUT2D eigenvalue weighted by atomic mass is 16.7. The van der Waals surface area contributed by atoms with E-state index in [1.807, 2.05) is 0 Å². The Balaban J connectivity index is 1.99. The highest BCUT2D eigenvalue weighted by molar-refractivity contribution is 5.76. The molecule has 0 spiro atoms. The third-order valence-electron chi connectivity index (χ3n) is 15.9. The molecule has 452 valence electrons. The number of hydrogen-bond donors (Lipinski definition) is 6. The van der Waals surface area contributed by atoms with E-state index in [9.17, 15) is 30.3 Å². The van der Waals surface area contributed by atoms with Gasteiger partial charge in [0.1, 0.15) is 24.4 Å². The van der Waals surface area contributed by atoms with Crippen LogP contribution in [0.15, 0.2) is 48.6 Å². The van der Waals surface area contributed by atoms with Crippen molar-refractivity contribution in [2.45, 2.75) is 365 Å². The van der Waals surface area contributed by atoms with Gasteiger partial charge in [0.05, 0.1) is 25.4 Å². The second kappa shape index (κ2) is 57.4. The maximum absolute atomic E-state index is 13.1. The zero-order valence-corrected chi connectivity index (χ0v) is 50.5. The predicted octanol–water partition coefficient (Wildman–Crippen LogP) is 17.6. The molecule has 1 heterocycles. The van der Waals surface area contributed by atoms with Gasteiger partial charge in [0.15, 0.2) is 6.29 Å². The van der Waals surface area contributed by atoms with Crippen molar-refractivity contribution in [3.63, 3.8) is 0 Å². The van der Waals surface area contributed by atoms with Gasteiger partial charge in [0, 0.05) is 6.42 Å². The van der Waals surface area contributed by atoms with Crippen LogP contribution in [0.1, 0.15) is 322 Å². The molecule has 0 bridgehead atoms. The molecule has 0 aromatic rings. The van der Waals surface area contributed by atoms with E-state index in [0.717, 1.165) is 64.2 Å². The fourth-order valence-corrected chi connectivity index (χ4v) is 10.7. The second-order valence-electron chi connectivity index (χ2n) is 23.2. The molecule has 77 heavy (non-hydrogen) atoms. The fraction of sp³-hybridized carbons (Fsp3) is 0.868. The average molecular weight is 1090 g/mol. The third kappa shape index (κ3) is 46.5. The first-order valence-electron chi connectivity index (χ1n) is 33.3. The number of carbonyl (C=O) groups is 1. The van der Waals surface area contributed by atoms with Crippen molar-refractivity contribution in [3.8, 4) is 0 Å². The number of ether oxygens (including phenoxy) is 2. The smallest absolute Gasteiger partial charge is 0.220 e. The van der Waals surface area contributed by atoms with Gasteiger partial charge >= 0.3 is 0 Å². The van der Waals surface area contributed by atoms with E-state index >= 15 is 0 Å². The van der Waals surface area contributed by atoms with Gasteiger partial charge in [-0.15, -0.1) is 0 Å². The monoisotopic (exact) mass is 1090 g/mol. The summed E-state index contributed by atoms with van der Waals surface area (Å²) in [4.78, 5) is 13.1. The topological polar surface area (TPSA) is 149 Å². The number of hydrogen-bond acceptors (Lipinski definition) is 8. The SMILES string of the molecule is CC/C=C\C/C=C\C/C=C\C/C=C\CCCCCCCCCCCCCCCCCCCCCCCCCCCCCCC(=O)NC(COC1OC(CO)C(O)C(O)C1O)C(O)CCCCCCCCCCCCCCC. The molecule has 9 nitrogen and oxygen atoms in total. The lowest BCUT2D eigenvalue weighted by molar-refractivity contribution is -0.302. The molecule has 7 atom stereocenters. The van der Waals surface area contributed by atoms with Crippen molar-refractivity contribution in [2.75, 3.05) is 13.2 Å². The van der Waals surface area contributed by atoms with Gasteiger partial charge in [-0.05, 0) is 51.4 Å². The summed E-state index contributed by atoms with van der Waals surface area (Å²) in [6.45, 7) is 3.75. The Morgan fingerprint density at radius 1 is 0.455 bits per heavy atom. The summed E-state index contributed by atoms with van der Waals surface area (Å²) in [6.07, 6.45) is 70.5. The Bertz CT molecular complexity index is 1350. The summed E-state index contributed by atoms with van der Waals surface area (Å²) in [5.74, 6) is -0.139.